The summed E-state index contributed by atoms with van der Waals surface area (Å²) in [6, 6.07) is 12.8. The molecule has 0 spiro atoms. The van der Waals surface area contributed by atoms with E-state index in [4.69, 9.17) is 16.3 Å². The van der Waals surface area contributed by atoms with Gasteiger partial charge in [0.05, 0.1) is 23.5 Å². The summed E-state index contributed by atoms with van der Waals surface area (Å²) >= 11 is 6.01. The standard InChI is InChI=1S/C21H27ClN2O4S/c1-16-10-11-17(2)19(15-16)24(29(3,26)27)13-6-9-21(25)23-12-14-28-20-8-5-4-7-18(20)22/h4-5,7-8,10-11,15H,6,9,12-14H2,1-3H3,(H,23,25). The highest BCUT2D eigenvalue weighted by molar-refractivity contribution is 7.92. The maximum Gasteiger partial charge on any atom is 0.232 e. The molecule has 0 aromatic heterocycles. The fourth-order valence-electron chi connectivity index (χ4n) is 2.84. The number of nitrogens with zero attached hydrogens (tertiary/aromatic N) is 1. The highest BCUT2D eigenvalue weighted by Crippen LogP contribution is 2.24. The van der Waals surface area contributed by atoms with Gasteiger partial charge < -0.3 is 10.1 Å². The number of sulfonamides is 1. The lowest BCUT2D eigenvalue weighted by atomic mass is 10.1. The molecule has 0 heterocycles. The molecule has 2 aromatic rings. The van der Waals surface area contributed by atoms with Gasteiger partial charge in [-0.3, -0.25) is 9.10 Å². The van der Waals surface area contributed by atoms with Gasteiger partial charge in [0.25, 0.3) is 0 Å². The fourth-order valence-corrected chi connectivity index (χ4v) is 4.04. The molecule has 8 heteroatoms. The third-order valence-corrected chi connectivity index (χ3v) is 5.81. The zero-order valence-corrected chi connectivity index (χ0v) is 18.5. The second kappa shape index (κ2) is 10.5. The molecule has 158 valence electrons. The van der Waals surface area contributed by atoms with Crippen LogP contribution in [0.15, 0.2) is 42.5 Å². The summed E-state index contributed by atoms with van der Waals surface area (Å²) in [6.45, 7) is 4.68. The van der Waals surface area contributed by atoms with Crippen molar-refractivity contribution in [2.24, 2.45) is 0 Å². The predicted molar refractivity (Wildman–Crippen MR) is 117 cm³/mol. The van der Waals surface area contributed by atoms with Crippen LogP contribution in [0.5, 0.6) is 5.75 Å². The van der Waals surface area contributed by atoms with E-state index in [-0.39, 0.29) is 18.9 Å². The Bertz CT molecular complexity index is 947. The van der Waals surface area contributed by atoms with Crippen LogP contribution >= 0.6 is 11.6 Å². The van der Waals surface area contributed by atoms with E-state index in [0.717, 1.165) is 11.1 Å². The average Bonchev–Trinajstić information content (AvgIpc) is 2.65. The Hall–Kier alpha value is -2.25. The van der Waals surface area contributed by atoms with Crippen LogP contribution in [0, 0.1) is 13.8 Å². The third-order valence-electron chi connectivity index (χ3n) is 4.32. The van der Waals surface area contributed by atoms with Gasteiger partial charge in [-0.15, -0.1) is 0 Å². The summed E-state index contributed by atoms with van der Waals surface area (Å²) in [4.78, 5) is 12.0. The van der Waals surface area contributed by atoms with Crippen LogP contribution < -0.4 is 14.4 Å². The van der Waals surface area contributed by atoms with Crippen molar-refractivity contribution in [2.45, 2.75) is 26.7 Å². The first-order valence-corrected chi connectivity index (χ1v) is 11.6. The topological polar surface area (TPSA) is 75.7 Å². The lowest BCUT2D eigenvalue weighted by Crippen LogP contribution is -2.33. The van der Waals surface area contributed by atoms with Gasteiger partial charge in [0.15, 0.2) is 0 Å². The quantitative estimate of drug-likeness (QED) is 0.574. The average molecular weight is 439 g/mol. The van der Waals surface area contributed by atoms with E-state index >= 15 is 0 Å². The molecule has 0 aliphatic carbocycles. The molecule has 0 radical (unpaired) electrons. The molecule has 0 aliphatic rings. The number of ether oxygens (including phenoxy) is 1. The molecular weight excluding hydrogens is 412 g/mol. The van der Waals surface area contributed by atoms with Crippen LogP contribution in [0.1, 0.15) is 24.0 Å². The molecule has 6 nitrogen and oxygen atoms in total. The number of anilines is 1. The minimum absolute atomic E-state index is 0.151. The van der Waals surface area contributed by atoms with Crippen molar-refractivity contribution < 1.29 is 17.9 Å². The number of carbonyl (C=O) groups is 1. The Balaban J connectivity index is 1.81. The van der Waals surface area contributed by atoms with Crippen molar-refractivity contribution in [1.82, 2.24) is 5.32 Å². The van der Waals surface area contributed by atoms with Gasteiger partial charge in [0, 0.05) is 13.0 Å². The summed E-state index contributed by atoms with van der Waals surface area (Å²) < 4.78 is 31.4. The molecule has 0 bridgehead atoms. The van der Waals surface area contributed by atoms with E-state index in [0.29, 0.717) is 36.0 Å². The molecule has 2 rings (SSSR count). The molecule has 1 amide bonds. The smallest absolute Gasteiger partial charge is 0.232 e. The van der Waals surface area contributed by atoms with Crippen molar-refractivity contribution in [1.29, 1.82) is 0 Å². The molecular formula is C21H27ClN2O4S. The second-order valence-corrected chi connectivity index (χ2v) is 9.17. The summed E-state index contributed by atoms with van der Waals surface area (Å²) in [5, 5.41) is 3.29. The van der Waals surface area contributed by atoms with Crippen molar-refractivity contribution in [2.75, 3.05) is 30.3 Å². The van der Waals surface area contributed by atoms with Crippen LogP contribution in [0.3, 0.4) is 0 Å². The number of aryl methyl sites for hydroxylation is 2. The van der Waals surface area contributed by atoms with Crippen molar-refractivity contribution >= 4 is 33.2 Å². The highest BCUT2D eigenvalue weighted by atomic mass is 35.5. The number of hydrogen-bond donors (Lipinski definition) is 1. The van der Waals surface area contributed by atoms with E-state index < -0.39 is 10.0 Å². The third kappa shape index (κ3) is 7.25. The molecule has 0 atom stereocenters. The Morgan fingerprint density at radius 3 is 2.59 bits per heavy atom. The van der Waals surface area contributed by atoms with Gasteiger partial charge in [-0.25, -0.2) is 8.42 Å². The fraction of sp³-hybridized carbons (Fsp3) is 0.381. The van der Waals surface area contributed by atoms with Gasteiger partial charge >= 0.3 is 0 Å². The number of rotatable bonds is 10. The normalized spacial score (nSPS) is 11.2. The molecule has 0 saturated carbocycles. The number of benzene rings is 2. The molecule has 2 aromatic carbocycles. The van der Waals surface area contributed by atoms with Crippen LogP contribution in [-0.4, -0.2) is 40.3 Å². The van der Waals surface area contributed by atoms with Crippen LogP contribution in [0.2, 0.25) is 5.02 Å². The number of carbonyl (C=O) groups excluding carboxylic acids is 1. The monoisotopic (exact) mass is 438 g/mol. The van der Waals surface area contributed by atoms with E-state index in [2.05, 4.69) is 5.32 Å². The molecule has 29 heavy (non-hydrogen) atoms. The highest BCUT2D eigenvalue weighted by Gasteiger charge is 2.19. The summed E-state index contributed by atoms with van der Waals surface area (Å²) in [7, 11) is -3.44. The number of para-hydroxylation sites is 1. The van der Waals surface area contributed by atoms with Gasteiger partial charge in [0.1, 0.15) is 12.4 Å². The van der Waals surface area contributed by atoms with Crippen molar-refractivity contribution in [3.8, 4) is 5.75 Å². The van der Waals surface area contributed by atoms with E-state index in [1.165, 1.54) is 10.6 Å². The Morgan fingerprint density at radius 2 is 1.90 bits per heavy atom. The first-order chi connectivity index (χ1) is 13.7. The SMILES string of the molecule is Cc1ccc(C)c(N(CCCC(=O)NCCOc2ccccc2Cl)S(C)(=O)=O)c1. The maximum absolute atomic E-state index is 12.2. The minimum Gasteiger partial charge on any atom is -0.490 e. The summed E-state index contributed by atoms with van der Waals surface area (Å²) in [5.74, 6) is 0.419. The van der Waals surface area contributed by atoms with Crippen LogP contribution in [-0.2, 0) is 14.8 Å². The van der Waals surface area contributed by atoms with Gasteiger partial charge in [-0.05, 0) is 49.6 Å². The molecule has 1 N–H and O–H groups in total. The molecule has 0 saturated heterocycles. The van der Waals surface area contributed by atoms with Gasteiger partial charge in [0.2, 0.25) is 15.9 Å². The van der Waals surface area contributed by atoms with Crippen LogP contribution in [0.4, 0.5) is 5.69 Å². The Kier molecular flexibility index (Phi) is 8.34. The van der Waals surface area contributed by atoms with Gasteiger partial charge in [-0.1, -0.05) is 35.9 Å². The Labute approximate surface area is 177 Å². The van der Waals surface area contributed by atoms with Crippen molar-refractivity contribution in [3.05, 3.63) is 58.6 Å². The van der Waals surface area contributed by atoms with E-state index in [1.54, 1.807) is 12.1 Å². The Morgan fingerprint density at radius 1 is 1.17 bits per heavy atom. The summed E-state index contributed by atoms with van der Waals surface area (Å²) in [5.41, 5.74) is 2.51. The molecule has 0 aliphatic heterocycles. The number of halogens is 1. The largest absolute Gasteiger partial charge is 0.490 e. The number of amides is 1. The van der Waals surface area contributed by atoms with Crippen molar-refractivity contribution in [3.63, 3.8) is 0 Å². The first-order valence-electron chi connectivity index (χ1n) is 9.37. The minimum atomic E-state index is -3.44. The zero-order valence-electron chi connectivity index (χ0n) is 16.9. The van der Waals surface area contributed by atoms with Crippen LogP contribution in [0.25, 0.3) is 0 Å². The maximum atomic E-state index is 12.2. The van der Waals surface area contributed by atoms with Gasteiger partial charge in [-0.2, -0.15) is 0 Å². The van der Waals surface area contributed by atoms with E-state index in [1.807, 2.05) is 44.2 Å². The second-order valence-electron chi connectivity index (χ2n) is 6.86. The van der Waals surface area contributed by atoms with E-state index in [9.17, 15) is 13.2 Å². The lowest BCUT2D eigenvalue weighted by molar-refractivity contribution is -0.121. The lowest BCUT2D eigenvalue weighted by Gasteiger charge is -2.24. The molecule has 0 fully saturated rings. The first kappa shape index (κ1) is 23.0. The zero-order chi connectivity index (χ0) is 21.4. The predicted octanol–water partition coefficient (Wildman–Crippen LogP) is 3.70. The summed E-state index contributed by atoms with van der Waals surface area (Å²) in [6.07, 6.45) is 1.82. The number of nitrogens with one attached hydrogen (secondary N) is 1. The molecule has 0 unspecified atom stereocenters. The number of hydrogen-bond acceptors (Lipinski definition) is 4.